The number of fused-ring (bicyclic) bond motifs is 1. The van der Waals surface area contributed by atoms with E-state index in [4.69, 9.17) is 5.73 Å². The number of anilines is 1. The van der Waals surface area contributed by atoms with Crippen molar-refractivity contribution >= 4 is 22.5 Å². The van der Waals surface area contributed by atoms with Crippen LogP contribution in [0.4, 0.5) is 10.1 Å². The van der Waals surface area contributed by atoms with Crippen molar-refractivity contribution < 1.29 is 9.18 Å². The fourth-order valence-electron chi connectivity index (χ4n) is 3.69. The van der Waals surface area contributed by atoms with Crippen LogP contribution in [-0.2, 0) is 0 Å². The summed E-state index contributed by atoms with van der Waals surface area (Å²) in [4.78, 5) is 18.1. The molecule has 7 heteroatoms. The largest absolute Gasteiger partial charge is 0.370 e. The first-order chi connectivity index (χ1) is 12.5. The molecule has 3 heterocycles. The maximum Gasteiger partial charge on any atom is 0.269 e. The van der Waals surface area contributed by atoms with Crippen LogP contribution in [0.15, 0.2) is 30.3 Å². The van der Waals surface area contributed by atoms with Gasteiger partial charge in [0, 0.05) is 41.5 Å². The Labute approximate surface area is 150 Å². The number of H-pyrrole nitrogens is 1. The molecule has 1 amide bonds. The predicted octanol–water partition coefficient (Wildman–Crippen LogP) is 2.89. The molecule has 0 saturated carbocycles. The standard InChI is InChI=1S/C19H20FN5O/c1-11-7-18(14-8-13(20)4-5-15(14)22-11)25-6-2-3-12(10-25)16-9-17(19(21)26)24-23-16/h4-5,7-9,12H,2-3,6,10H2,1H3,(H2,21,26)(H,23,24). The van der Waals surface area contributed by atoms with Gasteiger partial charge in [0.2, 0.25) is 0 Å². The number of piperidine rings is 1. The fraction of sp³-hybridized carbons (Fsp3) is 0.316. The summed E-state index contributed by atoms with van der Waals surface area (Å²) in [7, 11) is 0. The Morgan fingerprint density at radius 3 is 2.96 bits per heavy atom. The van der Waals surface area contributed by atoms with Gasteiger partial charge in [-0.05, 0) is 50.1 Å². The fourth-order valence-corrected chi connectivity index (χ4v) is 3.69. The van der Waals surface area contributed by atoms with Crippen LogP contribution in [0.1, 0.15) is 40.6 Å². The minimum Gasteiger partial charge on any atom is -0.370 e. The average Bonchev–Trinajstić information content (AvgIpc) is 3.12. The van der Waals surface area contributed by atoms with Crippen molar-refractivity contribution in [1.29, 1.82) is 0 Å². The SMILES string of the molecule is Cc1cc(N2CCCC(c3cc(C(N)=O)n[nH]3)C2)c2cc(F)ccc2n1. The number of aryl methyl sites for hydroxylation is 1. The molecule has 1 saturated heterocycles. The van der Waals surface area contributed by atoms with Gasteiger partial charge in [0.05, 0.1) is 5.52 Å². The van der Waals surface area contributed by atoms with Crippen molar-refractivity contribution in [3.63, 3.8) is 0 Å². The van der Waals surface area contributed by atoms with E-state index in [-0.39, 0.29) is 17.4 Å². The maximum atomic E-state index is 13.8. The second-order valence-corrected chi connectivity index (χ2v) is 6.80. The number of carbonyl (C=O) groups excluding carboxylic acids is 1. The van der Waals surface area contributed by atoms with Gasteiger partial charge in [-0.3, -0.25) is 14.9 Å². The summed E-state index contributed by atoms with van der Waals surface area (Å²) < 4.78 is 13.8. The molecule has 1 aliphatic rings. The summed E-state index contributed by atoms with van der Waals surface area (Å²) in [5.41, 5.74) is 9.14. The lowest BCUT2D eigenvalue weighted by molar-refractivity contribution is 0.0995. The summed E-state index contributed by atoms with van der Waals surface area (Å²) in [5, 5.41) is 7.74. The number of aromatic amines is 1. The summed E-state index contributed by atoms with van der Waals surface area (Å²) in [5.74, 6) is -0.592. The van der Waals surface area contributed by atoms with Crippen LogP contribution in [0.3, 0.4) is 0 Å². The Kier molecular flexibility index (Phi) is 4.06. The lowest BCUT2D eigenvalue weighted by atomic mass is 9.93. The third-order valence-corrected chi connectivity index (χ3v) is 4.93. The summed E-state index contributed by atoms with van der Waals surface area (Å²) >= 11 is 0. The number of primary amides is 1. The number of pyridine rings is 1. The first-order valence-electron chi connectivity index (χ1n) is 8.68. The molecule has 6 nitrogen and oxygen atoms in total. The summed E-state index contributed by atoms with van der Waals surface area (Å²) in [6, 6.07) is 8.43. The van der Waals surface area contributed by atoms with E-state index >= 15 is 0 Å². The molecule has 1 aromatic carbocycles. The Balaban J connectivity index is 1.68. The normalized spacial score (nSPS) is 17.6. The highest BCUT2D eigenvalue weighted by atomic mass is 19.1. The van der Waals surface area contributed by atoms with Crippen LogP contribution in [0.5, 0.6) is 0 Å². The van der Waals surface area contributed by atoms with Gasteiger partial charge >= 0.3 is 0 Å². The number of hydrogen-bond donors (Lipinski definition) is 2. The quantitative estimate of drug-likeness (QED) is 0.758. The molecular formula is C19H20FN5O. The highest BCUT2D eigenvalue weighted by Gasteiger charge is 2.25. The molecule has 26 heavy (non-hydrogen) atoms. The van der Waals surface area contributed by atoms with Crippen LogP contribution in [0, 0.1) is 12.7 Å². The minimum atomic E-state index is -0.536. The van der Waals surface area contributed by atoms with Gasteiger partial charge in [0.15, 0.2) is 0 Å². The Morgan fingerprint density at radius 2 is 2.19 bits per heavy atom. The molecule has 1 fully saturated rings. The predicted molar refractivity (Wildman–Crippen MR) is 97.7 cm³/mol. The van der Waals surface area contributed by atoms with Gasteiger partial charge < -0.3 is 10.6 Å². The number of aromatic nitrogens is 3. The zero-order valence-corrected chi connectivity index (χ0v) is 14.5. The highest BCUT2D eigenvalue weighted by Crippen LogP contribution is 2.33. The number of nitrogens with one attached hydrogen (secondary N) is 1. The number of amides is 1. The van der Waals surface area contributed by atoms with E-state index in [1.165, 1.54) is 6.07 Å². The third kappa shape index (κ3) is 3.00. The van der Waals surface area contributed by atoms with Gasteiger partial charge in [-0.25, -0.2) is 4.39 Å². The van der Waals surface area contributed by atoms with Crippen molar-refractivity contribution in [3.8, 4) is 0 Å². The first kappa shape index (κ1) is 16.5. The van der Waals surface area contributed by atoms with Crippen molar-refractivity contribution in [2.24, 2.45) is 5.73 Å². The minimum absolute atomic E-state index is 0.210. The number of hydrogen-bond acceptors (Lipinski definition) is 4. The van der Waals surface area contributed by atoms with Crippen molar-refractivity contribution in [2.75, 3.05) is 18.0 Å². The molecular weight excluding hydrogens is 333 g/mol. The van der Waals surface area contributed by atoms with Crippen molar-refractivity contribution in [2.45, 2.75) is 25.7 Å². The van der Waals surface area contributed by atoms with Crippen LogP contribution in [0.2, 0.25) is 0 Å². The van der Waals surface area contributed by atoms with Gasteiger partial charge in [0.25, 0.3) is 5.91 Å². The van der Waals surface area contributed by atoms with Gasteiger partial charge in [0.1, 0.15) is 11.5 Å². The zero-order valence-electron chi connectivity index (χ0n) is 14.5. The van der Waals surface area contributed by atoms with E-state index in [9.17, 15) is 9.18 Å². The molecule has 0 spiro atoms. The molecule has 1 atom stereocenters. The van der Waals surface area contributed by atoms with E-state index in [1.54, 1.807) is 18.2 Å². The van der Waals surface area contributed by atoms with Crippen LogP contribution < -0.4 is 10.6 Å². The average molecular weight is 353 g/mol. The summed E-state index contributed by atoms with van der Waals surface area (Å²) in [6.45, 7) is 3.60. The van der Waals surface area contributed by atoms with Crippen molar-refractivity contribution in [1.82, 2.24) is 15.2 Å². The molecule has 0 radical (unpaired) electrons. The molecule has 1 unspecified atom stereocenters. The molecule has 2 aromatic heterocycles. The molecule has 0 aliphatic carbocycles. The summed E-state index contributed by atoms with van der Waals surface area (Å²) in [6.07, 6.45) is 1.99. The van der Waals surface area contributed by atoms with E-state index in [0.717, 1.165) is 53.9 Å². The Morgan fingerprint density at radius 1 is 1.35 bits per heavy atom. The lowest BCUT2D eigenvalue weighted by Gasteiger charge is -2.34. The number of carbonyl (C=O) groups is 1. The molecule has 4 rings (SSSR count). The first-order valence-corrected chi connectivity index (χ1v) is 8.68. The van der Waals surface area contributed by atoms with E-state index in [0.29, 0.717) is 0 Å². The second-order valence-electron chi connectivity index (χ2n) is 6.80. The van der Waals surface area contributed by atoms with E-state index < -0.39 is 5.91 Å². The zero-order chi connectivity index (χ0) is 18.3. The molecule has 134 valence electrons. The monoisotopic (exact) mass is 353 g/mol. The van der Waals surface area contributed by atoms with Gasteiger partial charge in [-0.2, -0.15) is 5.10 Å². The smallest absolute Gasteiger partial charge is 0.269 e. The molecule has 3 aromatic rings. The molecule has 1 aliphatic heterocycles. The topological polar surface area (TPSA) is 87.9 Å². The number of halogens is 1. The Bertz CT molecular complexity index is 983. The van der Waals surface area contributed by atoms with Gasteiger partial charge in [-0.15, -0.1) is 0 Å². The molecule has 0 bridgehead atoms. The van der Waals surface area contributed by atoms with Crippen molar-refractivity contribution in [3.05, 3.63) is 53.2 Å². The second kappa shape index (κ2) is 6.40. The van der Waals surface area contributed by atoms with Crippen LogP contribution in [0.25, 0.3) is 10.9 Å². The third-order valence-electron chi connectivity index (χ3n) is 4.93. The Hall–Kier alpha value is -2.96. The highest BCUT2D eigenvalue weighted by molar-refractivity contribution is 5.92. The van der Waals surface area contributed by atoms with Crippen LogP contribution in [-0.4, -0.2) is 34.2 Å². The molecule has 3 N–H and O–H groups in total. The lowest BCUT2D eigenvalue weighted by Crippen LogP contribution is -2.34. The number of nitrogens with zero attached hydrogens (tertiary/aromatic N) is 3. The van der Waals surface area contributed by atoms with E-state index in [2.05, 4.69) is 20.1 Å². The van der Waals surface area contributed by atoms with E-state index in [1.807, 2.05) is 13.0 Å². The maximum absolute atomic E-state index is 13.8. The van der Waals surface area contributed by atoms with Crippen LogP contribution >= 0.6 is 0 Å². The number of benzene rings is 1. The number of nitrogens with two attached hydrogens (primary N) is 1. The number of rotatable bonds is 3. The van der Waals surface area contributed by atoms with Gasteiger partial charge in [-0.1, -0.05) is 0 Å².